The number of hydrogen-bond donors (Lipinski definition) is 0. The lowest BCUT2D eigenvalue weighted by molar-refractivity contribution is 0.669. The molecule has 3 heteroatoms. The van der Waals surface area contributed by atoms with Crippen LogP contribution in [0.1, 0.15) is 22.3 Å². The lowest BCUT2D eigenvalue weighted by atomic mass is 9.70. The Hall–Kier alpha value is -7.62. The average Bonchev–Trinajstić information content (AvgIpc) is 4.01. The molecular formula is C55H33NO2. The van der Waals surface area contributed by atoms with Crippen LogP contribution in [0.4, 0.5) is 17.1 Å². The van der Waals surface area contributed by atoms with Gasteiger partial charge in [0.2, 0.25) is 0 Å². The topological polar surface area (TPSA) is 29.5 Å². The van der Waals surface area contributed by atoms with Crippen LogP contribution in [-0.2, 0) is 5.41 Å². The Labute approximate surface area is 334 Å². The molecule has 13 rings (SSSR count). The summed E-state index contributed by atoms with van der Waals surface area (Å²) in [4.78, 5) is 2.36. The van der Waals surface area contributed by atoms with Gasteiger partial charge < -0.3 is 13.7 Å². The van der Waals surface area contributed by atoms with E-state index in [1.165, 1.54) is 55.6 Å². The molecule has 0 saturated carbocycles. The molecule has 0 N–H and O–H groups in total. The number of nitrogens with zero attached hydrogens (tertiary/aromatic N) is 1. The first kappa shape index (κ1) is 31.6. The van der Waals surface area contributed by atoms with Crippen LogP contribution in [0.25, 0.3) is 77.3 Å². The number of para-hydroxylation sites is 2. The lowest BCUT2D eigenvalue weighted by Gasteiger charge is -2.32. The number of fused-ring (bicyclic) bond motifs is 16. The third-order valence-corrected chi connectivity index (χ3v) is 12.7. The van der Waals surface area contributed by atoms with Crippen LogP contribution in [0, 0.1) is 0 Å². The highest BCUT2D eigenvalue weighted by Crippen LogP contribution is 2.63. The van der Waals surface area contributed by atoms with Gasteiger partial charge in [-0.15, -0.1) is 0 Å². The van der Waals surface area contributed by atoms with Crippen LogP contribution in [0.5, 0.6) is 0 Å². The second-order valence-corrected chi connectivity index (χ2v) is 15.6. The van der Waals surface area contributed by atoms with E-state index in [2.05, 4.69) is 181 Å². The lowest BCUT2D eigenvalue weighted by Crippen LogP contribution is -2.26. The van der Waals surface area contributed by atoms with E-state index in [-0.39, 0.29) is 0 Å². The number of hydrogen-bond acceptors (Lipinski definition) is 3. The SMILES string of the molecule is c1ccc(-c2ccc3c(c2)C2(c4ccccc4-3)c3ccccc3-c3ccc(N(c4ccc5c(c4)oc4ccccc45)c4ccc5c(c4)oc4ccccc45)cc32)cc1. The van der Waals surface area contributed by atoms with Gasteiger partial charge in [0.25, 0.3) is 0 Å². The summed E-state index contributed by atoms with van der Waals surface area (Å²) >= 11 is 0. The van der Waals surface area contributed by atoms with Crippen molar-refractivity contribution in [2.75, 3.05) is 4.90 Å². The molecule has 2 aliphatic carbocycles. The molecule has 0 fully saturated rings. The first-order chi connectivity index (χ1) is 28.7. The van der Waals surface area contributed by atoms with E-state index in [4.69, 9.17) is 8.83 Å². The van der Waals surface area contributed by atoms with Crippen molar-refractivity contribution in [3.63, 3.8) is 0 Å². The fourth-order valence-electron chi connectivity index (χ4n) is 10.2. The monoisotopic (exact) mass is 739 g/mol. The molecule has 0 bridgehead atoms. The minimum Gasteiger partial charge on any atom is -0.456 e. The zero-order chi connectivity index (χ0) is 38.0. The minimum atomic E-state index is -0.518. The summed E-state index contributed by atoms with van der Waals surface area (Å²) in [5.41, 5.74) is 18.8. The first-order valence-corrected chi connectivity index (χ1v) is 19.9. The summed E-state index contributed by atoms with van der Waals surface area (Å²) in [5, 5.41) is 4.43. The van der Waals surface area contributed by atoms with Gasteiger partial charge in [-0.3, -0.25) is 0 Å². The summed E-state index contributed by atoms with van der Waals surface area (Å²) in [7, 11) is 0. The Balaban J connectivity index is 1.08. The smallest absolute Gasteiger partial charge is 0.137 e. The highest BCUT2D eigenvalue weighted by Gasteiger charge is 2.52. The molecule has 9 aromatic carbocycles. The van der Waals surface area contributed by atoms with Gasteiger partial charge in [-0.2, -0.15) is 0 Å². The van der Waals surface area contributed by atoms with Crippen molar-refractivity contribution in [1.29, 1.82) is 0 Å². The van der Waals surface area contributed by atoms with E-state index in [0.717, 1.165) is 60.9 Å². The maximum Gasteiger partial charge on any atom is 0.137 e. The number of anilines is 3. The summed E-state index contributed by atoms with van der Waals surface area (Å²) in [6.45, 7) is 0. The highest BCUT2D eigenvalue weighted by molar-refractivity contribution is 6.08. The summed E-state index contributed by atoms with van der Waals surface area (Å²) in [5.74, 6) is 0. The summed E-state index contributed by atoms with van der Waals surface area (Å²) in [6, 6.07) is 72.7. The molecule has 58 heavy (non-hydrogen) atoms. The van der Waals surface area contributed by atoms with Crippen molar-refractivity contribution < 1.29 is 8.83 Å². The minimum absolute atomic E-state index is 0.518. The zero-order valence-corrected chi connectivity index (χ0v) is 31.3. The normalized spacial score (nSPS) is 15.0. The molecule has 1 atom stereocenters. The maximum absolute atomic E-state index is 6.50. The molecule has 1 unspecified atom stereocenters. The molecule has 2 aromatic heterocycles. The third kappa shape index (κ3) is 4.22. The fourth-order valence-corrected chi connectivity index (χ4v) is 10.2. The van der Waals surface area contributed by atoms with Crippen LogP contribution in [0.2, 0.25) is 0 Å². The molecule has 2 aliphatic rings. The molecule has 0 saturated heterocycles. The van der Waals surface area contributed by atoms with Crippen molar-refractivity contribution in [3.8, 4) is 33.4 Å². The van der Waals surface area contributed by atoms with E-state index >= 15 is 0 Å². The second kappa shape index (κ2) is 11.7. The average molecular weight is 740 g/mol. The summed E-state index contributed by atoms with van der Waals surface area (Å²) in [6.07, 6.45) is 0. The zero-order valence-electron chi connectivity index (χ0n) is 31.3. The molecule has 1 spiro atoms. The Kier molecular flexibility index (Phi) is 6.37. The van der Waals surface area contributed by atoms with Gasteiger partial charge in [0, 0.05) is 50.7 Å². The van der Waals surface area contributed by atoms with Crippen LogP contribution in [0.3, 0.4) is 0 Å². The van der Waals surface area contributed by atoms with Crippen molar-refractivity contribution in [2.24, 2.45) is 0 Å². The Bertz CT molecular complexity index is 3350. The summed E-state index contributed by atoms with van der Waals surface area (Å²) < 4.78 is 13.0. The molecule has 0 radical (unpaired) electrons. The van der Waals surface area contributed by atoms with Crippen LogP contribution < -0.4 is 4.90 Å². The third-order valence-electron chi connectivity index (χ3n) is 12.7. The molecule has 270 valence electrons. The van der Waals surface area contributed by atoms with E-state index in [9.17, 15) is 0 Å². The Morgan fingerprint density at radius 2 is 0.741 bits per heavy atom. The number of benzene rings is 9. The molecule has 3 nitrogen and oxygen atoms in total. The van der Waals surface area contributed by atoms with E-state index in [1.807, 2.05) is 24.3 Å². The van der Waals surface area contributed by atoms with Gasteiger partial charge in [-0.25, -0.2) is 0 Å². The predicted octanol–water partition coefficient (Wildman–Crippen LogP) is 15.0. The number of furan rings is 2. The van der Waals surface area contributed by atoms with Gasteiger partial charge >= 0.3 is 0 Å². The highest BCUT2D eigenvalue weighted by atomic mass is 16.3. The van der Waals surface area contributed by atoms with Crippen LogP contribution in [-0.4, -0.2) is 0 Å². The van der Waals surface area contributed by atoms with Gasteiger partial charge in [-0.1, -0.05) is 133 Å². The predicted molar refractivity (Wildman–Crippen MR) is 237 cm³/mol. The van der Waals surface area contributed by atoms with E-state index < -0.39 is 5.41 Å². The molecular weight excluding hydrogens is 707 g/mol. The molecule has 0 aliphatic heterocycles. The number of rotatable bonds is 4. The molecule has 11 aromatic rings. The Morgan fingerprint density at radius 1 is 0.293 bits per heavy atom. The van der Waals surface area contributed by atoms with Crippen LogP contribution >= 0.6 is 0 Å². The second-order valence-electron chi connectivity index (χ2n) is 15.6. The van der Waals surface area contributed by atoms with Gasteiger partial charge in [-0.05, 0) is 110 Å². The standard InChI is InChI=1S/C55H33NO2/c1-2-12-34(13-3-1)35-22-26-41-39-14-4-8-18-47(39)55(49(41)30-35)48-19-9-5-15-40(48)42-27-23-36(31-50(42)55)56(37-24-28-45-43-16-6-10-20-51(43)57-53(45)32-37)38-25-29-46-44-17-7-11-21-52(44)58-54(46)33-38/h1-33H. The van der Waals surface area contributed by atoms with Gasteiger partial charge in [0.05, 0.1) is 5.41 Å². The fraction of sp³-hybridized carbons (Fsp3) is 0.0182. The quantitative estimate of drug-likeness (QED) is 0.180. The van der Waals surface area contributed by atoms with E-state index in [0.29, 0.717) is 0 Å². The first-order valence-electron chi connectivity index (χ1n) is 19.9. The molecule has 2 heterocycles. The van der Waals surface area contributed by atoms with E-state index in [1.54, 1.807) is 0 Å². The van der Waals surface area contributed by atoms with Gasteiger partial charge in [0.15, 0.2) is 0 Å². The van der Waals surface area contributed by atoms with Crippen molar-refractivity contribution in [3.05, 3.63) is 222 Å². The maximum atomic E-state index is 6.50. The Morgan fingerprint density at radius 3 is 1.36 bits per heavy atom. The molecule has 0 amide bonds. The van der Waals surface area contributed by atoms with Crippen molar-refractivity contribution in [1.82, 2.24) is 0 Å². The van der Waals surface area contributed by atoms with Crippen LogP contribution in [0.15, 0.2) is 209 Å². The van der Waals surface area contributed by atoms with Crippen molar-refractivity contribution >= 4 is 60.9 Å². The van der Waals surface area contributed by atoms with Gasteiger partial charge in [0.1, 0.15) is 22.3 Å². The van der Waals surface area contributed by atoms with Crippen molar-refractivity contribution in [2.45, 2.75) is 5.41 Å². The largest absolute Gasteiger partial charge is 0.456 e.